The molecule has 33 heavy (non-hydrogen) atoms. The van der Waals surface area contributed by atoms with Crippen molar-refractivity contribution in [3.63, 3.8) is 0 Å². The van der Waals surface area contributed by atoms with Gasteiger partial charge in [0.15, 0.2) is 5.78 Å². The summed E-state index contributed by atoms with van der Waals surface area (Å²) in [5.41, 5.74) is 7.20. The summed E-state index contributed by atoms with van der Waals surface area (Å²) < 4.78 is 29.1. The summed E-state index contributed by atoms with van der Waals surface area (Å²) in [4.78, 5) is 13.6. The number of hydrogen-bond acceptors (Lipinski definition) is 5. The molecule has 166 valence electrons. The van der Waals surface area contributed by atoms with Crippen LogP contribution in [0.15, 0.2) is 99.6 Å². The van der Waals surface area contributed by atoms with Crippen LogP contribution in [0, 0.1) is 11.3 Å². The van der Waals surface area contributed by atoms with E-state index in [4.69, 9.17) is 17.3 Å². The van der Waals surface area contributed by atoms with E-state index in [0.29, 0.717) is 16.1 Å². The van der Waals surface area contributed by atoms with Crippen molar-refractivity contribution in [1.29, 1.82) is 5.26 Å². The molecule has 0 unspecified atom stereocenters. The Morgan fingerprint density at radius 3 is 2.18 bits per heavy atom. The molecule has 0 bridgehead atoms. The molecule has 6 nitrogen and oxygen atoms in total. The second-order valence-corrected chi connectivity index (χ2v) is 10.5. The summed E-state index contributed by atoms with van der Waals surface area (Å²) in [6, 6.07) is 21.7. The summed E-state index contributed by atoms with van der Waals surface area (Å²) in [7, 11) is -4.29. The Kier molecular flexibility index (Phi) is 6.30. The Morgan fingerprint density at radius 1 is 1.00 bits per heavy atom. The first-order valence-corrected chi connectivity index (χ1v) is 12.4. The van der Waals surface area contributed by atoms with Crippen molar-refractivity contribution in [2.45, 2.75) is 16.9 Å². The van der Waals surface area contributed by atoms with Gasteiger partial charge < -0.3 is 5.73 Å². The third-order valence-corrected chi connectivity index (χ3v) is 8.03. The van der Waals surface area contributed by atoms with Crippen molar-refractivity contribution < 1.29 is 13.2 Å². The van der Waals surface area contributed by atoms with Crippen LogP contribution >= 0.6 is 27.5 Å². The van der Waals surface area contributed by atoms with Gasteiger partial charge in [0.2, 0.25) is 0 Å². The molecule has 0 radical (unpaired) electrons. The zero-order valence-corrected chi connectivity index (χ0v) is 20.2. The predicted molar refractivity (Wildman–Crippen MR) is 129 cm³/mol. The SMILES string of the molecule is N#CC1=C(N)N(S(=O)(=O)c2ccc(Cl)cc2)[C@@H](C(=O)c2ccccc2)[C@H]1c1ccc(Br)cc1. The number of carbonyl (C=O) groups excluding carboxylic acids is 1. The second-order valence-electron chi connectivity index (χ2n) is 7.37. The van der Waals surface area contributed by atoms with Crippen LogP contribution in [0.5, 0.6) is 0 Å². The minimum absolute atomic E-state index is 0.0177. The normalized spacial score (nSPS) is 18.3. The van der Waals surface area contributed by atoms with Gasteiger partial charge in [-0.1, -0.05) is 70.0 Å². The Hall–Kier alpha value is -3.12. The molecule has 9 heteroatoms. The topological polar surface area (TPSA) is 104 Å². The van der Waals surface area contributed by atoms with E-state index in [9.17, 15) is 18.5 Å². The molecule has 2 atom stereocenters. The summed E-state index contributed by atoms with van der Waals surface area (Å²) in [6.07, 6.45) is 0. The average molecular weight is 543 g/mol. The Labute approximate surface area is 205 Å². The molecular weight excluding hydrogens is 526 g/mol. The molecule has 0 amide bonds. The van der Waals surface area contributed by atoms with E-state index in [1.165, 1.54) is 24.3 Å². The molecule has 3 aromatic rings. The third kappa shape index (κ3) is 4.15. The maximum Gasteiger partial charge on any atom is 0.266 e. The smallest absolute Gasteiger partial charge is 0.266 e. The monoisotopic (exact) mass is 541 g/mol. The van der Waals surface area contributed by atoms with E-state index >= 15 is 0 Å². The number of nitriles is 1. The fourth-order valence-electron chi connectivity index (χ4n) is 3.90. The van der Waals surface area contributed by atoms with Crippen LogP contribution in [0.4, 0.5) is 0 Å². The number of sulfonamides is 1. The van der Waals surface area contributed by atoms with E-state index < -0.39 is 27.8 Å². The first-order chi connectivity index (χ1) is 15.8. The van der Waals surface area contributed by atoms with E-state index in [-0.39, 0.29) is 16.3 Å². The fourth-order valence-corrected chi connectivity index (χ4v) is 5.87. The predicted octanol–water partition coefficient (Wildman–Crippen LogP) is 4.84. The molecule has 2 N–H and O–H groups in total. The van der Waals surface area contributed by atoms with Crippen LogP contribution in [0.1, 0.15) is 21.8 Å². The van der Waals surface area contributed by atoms with Crippen LogP contribution in [0.2, 0.25) is 5.02 Å². The number of Topliss-reactive ketones (excluding diaryl/α,β-unsaturated/α-hetero) is 1. The van der Waals surface area contributed by atoms with E-state index in [0.717, 1.165) is 8.78 Å². The largest absolute Gasteiger partial charge is 0.384 e. The van der Waals surface area contributed by atoms with E-state index in [1.807, 2.05) is 6.07 Å². The lowest BCUT2D eigenvalue weighted by Gasteiger charge is -2.29. The van der Waals surface area contributed by atoms with Gasteiger partial charge >= 0.3 is 0 Å². The highest BCUT2D eigenvalue weighted by atomic mass is 79.9. The van der Waals surface area contributed by atoms with Crippen LogP contribution < -0.4 is 5.73 Å². The van der Waals surface area contributed by atoms with Gasteiger partial charge in [0.1, 0.15) is 11.9 Å². The maximum atomic E-state index is 13.7. The van der Waals surface area contributed by atoms with Gasteiger partial charge in [-0.2, -0.15) is 5.26 Å². The standard InChI is InChI=1S/C24H17BrClN3O3S/c25-17-8-6-15(7-9-17)21-20(14-27)24(28)29(22(21)23(30)16-4-2-1-3-5-16)33(31,32)19-12-10-18(26)11-13-19/h1-13,21-22H,28H2/t21-,22+/m0/s1. The molecular formula is C24H17BrClN3O3S. The molecule has 0 fully saturated rings. The number of ketones is 1. The van der Waals surface area contributed by atoms with Gasteiger partial charge in [-0.15, -0.1) is 0 Å². The van der Waals surface area contributed by atoms with Gasteiger partial charge in [0.05, 0.1) is 22.5 Å². The van der Waals surface area contributed by atoms with Crippen molar-refractivity contribution in [2.75, 3.05) is 0 Å². The molecule has 0 aliphatic carbocycles. The number of rotatable bonds is 5. The first-order valence-electron chi connectivity index (χ1n) is 9.80. The molecule has 0 saturated carbocycles. The summed E-state index contributed by atoms with van der Waals surface area (Å²) in [6.45, 7) is 0. The minimum atomic E-state index is -4.29. The van der Waals surface area contributed by atoms with Gasteiger partial charge in [0, 0.05) is 15.1 Å². The van der Waals surface area contributed by atoms with Gasteiger partial charge in [0.25, 0.3) is 10.0 Å². The molecule has 0 saturated heterocycles. The maximum absolute atomic E-state index is 13.7. The number of carbonyl (C=O) groups is 1. The highest BCUT2D eigenvalue weighted by Gasteiger charge is 2.50. The molecule has 0 spiro atoms. The quantitative estimate of drug-likeness (QED) is 0.465. The number of benzene rings is 3. The van der Waals surface area contributed by atoms with Crippen molar-refractivity contribution in [3.05, 3.63) is 111 Å². The second kappa shape index (κ2) is 9.02. The first kappa shape index (κ1) is 23.1. The van der Waals surface area contributed by atoms with E-state index in [1.54, 1.807) is 54.6 Å². The Bertz CT molecular complexity index is 1380. The lowest BCUT2D eigenvalue weighted by molar-refractivity contribution is 0.0910. The number of nitrogens with zero attached hydrogens (tertiary/aromatic N) is 2. The number of halogens is 2. The summed E-state index contributed by atoms with van der Waals surface area (Å²) in [5, 5.41) is 10.3. The number of nitrogens with two attached hydrogens (primary N) is 1. The van der Waals surface area contributed by atoms with Crippen molar-refractivity contribution in [2.24, 2.45) is 5.73 Å². The van der Waals surface area contributed by atoms with E-state index in [2.05, 4.69) is 15.9 Å². The van der Waals surface area contributed by atoms with Crippen molar-refractivity contribution in [3.8, 4) is 6.07 Å². The van der Waals surface area contributed by atoms with Crippen LogP contribution in [-0.2, 0) is 10.0 Å². The Morgan fingerprint density at radius 2 is 1.61 bits per heavy atom. The molecule has 0 aromatic heterocycles. The molecule has 3 aromatic carbocycles. The Balaban J connectivity index is 1.94. The van der Waals surface area contributed by atoms with Crippen molar-refractivity contribution >= 4 is 43.3 Å². The molecule has 1 aliphatic rings. The summed E-state index contributed by atoms with van der Waals surface area (Å²) >= 11 is 9.30. The molecule has 1 aliphatic heterocycles. The number of hydrogen-bond donors (Lipinski definition) is 1. The van der Waals surface area contributed by atoms with Crippen LogP contribution in [0.25, 0.3) is 0 Å². The zero-order valence-electron chi connectivity index (χ0n) is 17.0. The summed E-state index contributed by atoms with van der Waals surface area (Å²) in [5.74, 6) is -1.61. The van der Waals surface area contributed by atoms with Crippen molar-refractivity contribution in [1.82, 2.24) is 4.31 Å². The van der Waals surface area contributed by atoms with Crippen LogP contribution in [-0.4, -0.2) is 24.5 Å². The van der Waals surface area contributed by atoms with Crippen LogP contribution in [0.3, 0.4) is 0 Å². The molecule has 4 rings (SSSR count). The highest BCUT2D eigenvalue weighted by molar-refractivity contribution is 9.10. The average Bonchev–Trinajstić information content (AvgIpc) is 3.12. The molecule has 1 heterocycles. The highest BCUT2D eigenvalue weighted by Crippen LogP contribution is 2.43. The lowest BCUT2D eigenvalue weighted by Crippen LogP contribution is -2.45. The fraction of sp³-hybridized carbons (Fsp3) is 0.0833. The van der Waals surface area contributed by atoms with Gasteiger partial charge in [-0.25, -0.2) is 12.7 Å². The van der Waals surface area contributed by atoms with Gasteiger partial charge in [-0.05, 0) is 42.0 Å². The minimum Gasteiger partial charge on any atom is -0.384 e. The van der Waals surface area contributed by atoms with Gasteiger partial charge in [-0.3, -0.25) is 4.79 Å². The lowest BCUT2D eigenvalue weighted by atomic mass is 9.84. The third-order valence-electron chi connectivity index (χ3n) is 5.44. The zero-order chi connectivity index (χ0) is 23.8.